The van der Waals surface area contributed by atoms with E-state index in [1.807, 2.05) is 6.08 Å². The molecule has 0 aromatic carbocycles. The van der Waals surface area contributed by atoms with Crippen molar-refractivity contribution in [2.45, 2.75) is 341 Å². The zero-order chi connectivity index (χ0) is 47.2. The lowest BCUT2D eigenvalue weighted by Gasteiger charge is -2.20. The van der Waals surface area contributed by atoms with Gasteiger partial charge in [-0.05, 0) is 32.1 Å². The lowest BCUT2D eigenvalue weighted by molar-refractivity contribution is -0.143. The standard InChI is InChI=1S/C59H115NO5/c1-3-5-7-9-11-13-15-17-18-24-28-31-35-39-43-47-51-57(62)56(55-61)60-58(63)52-48-44-40-36-32-29-25-22-20-19-21-23-26-30-34-38-42-46-50-54-65-59(64)53-49-45-41-37-33-27-16-14-12-10-8-6-4-2/h47,51,56-57,61-62H,3-46,48-50,52-55H2,1-2H3,(H,60,63)/b51-47+. The van der Waals surface area contributed by atoms with Crippen LogP contribution in [0.5, 0.6) is 0 Å². The summed E-state index contributed by atoms with van der Waals surface area (Å²) in [6.07, 6.45) is 65.2. The Hall–Kier alpha value is -1.40. The number of amides is 1. The Balaban J connectivity index is 3.42. The summed E-state index contributed by atoms with van der Waals surface area (Å²) in [4.78, 5) is 24.5. The van der Waals surface area contributed by atoms with Crippen LogP contribution < -0.4 is 5.32 Å². The van der Waals surface area contributed by atoms with Gasteiger partial charge in [0.25, 0.3) is 0 Å². The monoisotopic (exact) mass is 918 g/mol. The Morgan fingerprint density at radius 2 is 0.708 bits per heavy atom. The maximum Gasteiger partial charge on any atom is 0.305 e. The first kappa shape index (κ1) is 63.6. The first-order valence-corrected chi connectivity index (χ1v) is 29.5. The third-order valence-corrected chi connectivity index (χ3v) is 13.8. The van der Waals surface area contributed by atoms with Gasteiger partial charge in [0.1, 0.15) is 0 Å². The Kier molecular flexibility index (Phi) is 54.0. The van der Waals surface area contributed by atoms with Gasteiger partial charge >= 0.3 is 5.97 Å². The zero-order valence-corrected chi connectivity index (χ0v) is 44.0. The molecule has 0 aromatic heterocycles. The minimum Gasteiger partial charge on any atom is -0.466 e. The van der Waals surface area contributed by atoms with Crippen LogP contribution in [-0.4, -0.2) is 47.4 Å². The Bertz CT molecular complexity index is 970. The predicted molar refractivity (Wildman–Crippen MR) is 283 cm³/mol. The minimum atomic E-state index is -0.845. The molecule has 0 spiro atoms. The minimum absolute atomic E-state index is 0.0103. The number of hydrogen-bond donors (Lipinski definition) is 3. The fraction of sp³-hybridized carbons (Fsp3) is 0.932. The van der Waals surface area contributed by atoms with E-state index < -0.39 is 12.1 Å². The number of aliphatic hydroxyl groups excluding tert-OH is 2. The molecule has 0 saturated carbocycles. The van der Waals surface area contributed by atoms with Crippen LogP contribution in [0.4, 0.5) is 0 Å². The van der Waals surface area contributed by atoms with Crippen LogP contribution in [-0.2, 0) is 14.3 Å². The van der Waals surface area contributed by atoms with E-state index in [9.17, 15) is 19.8 Å². The second kappa shape index (κ2) is 55.2. The summed E-state index contributed by atoms with van der Waals surface area (Å²) < 4.78 is 5.48. The van der Waals surface area contributed by atoms with Crippen LogP contribution in [0.15, 0.2) is 12.2 Å². The molecule has 0 heterocycles. The van der Waals surface area contributed by atoms with Crippen LogP contribution in [0.1, 0.15) is 328 Å². The van der Waals surface area contributed by atoms with Gasteiger partial charge < -0.3 is 20.3 Å². The number of unbranched alkanes of at least 4 members (excludes halogenated alkanes) is 44. The lowest BCUT2D eigenvalue weighted by Crippen LogP contribution is -2.45. The van der Waals surface area contributed by atoms with Gasteiger partial charge in [-0.2, -0.15) is 0 Å². The van der Waals surface area contributed by atoms with Gasteiger partial charge in [-0.15, -0.1) is 0 Å². The highest BCUT2D eigenvalue weighted by molar-refractivity contribution is 5.76. The maximum absolute atomic E-state index is 12.5. The van der Waals surface area contributed by atoms with Crippen molar-refractivity contribution in [2.24, 2.45) is 0 Å². The lowest BCUT2D eigenvalue weighted by atomic mass is 10.0. The molecule has 0 rings (SSSR count). The van der Waals surface area contributed by atoms with E-state index in [1.54, 1.807) is 6.08 Å². The third kappa shape index (κ3) is 51.8. The number of aliphatic hydroxyl groups is 2. The highest BCUT2D eigenvalue weighted by Gasteiger charge is 2.18. The molecule has 3 N–H and O–H groups in total. The summed E-state index contributed by atoms with van der Waals surface area (Å²) in [5.41, 5.74) is 0. The van der Waals surface area contributed by atoms with Gasteiger partial charge in [0, 0.05) is 12.8 Å². The zero-order valence-electron chi connectivity index (χ0n) is 44.0. The van der Waals surface area contributed by atoms with Crippen LogP contribution in [0.2, 0.25) is 0 Å². The molecule has 2 atom stereocenters. The molecule has 386 valence electrons. The molecule has 6 heteroatoms. The molecule has 0 aliphatic rings. The van der Waals surface area contributed by atoms with Crippen molar-refractivity contribution < 1.29 is 24.5 Å². The fourth-order valence-electron chi connectivity index (χ4n) is 9.28. The number of allylic oxidation sites excluding steroid dienone is 1. The highest BCUT2D eigenvalue weighted by Crippen LogP contribution is 2.17. The van der Waals surface area contributed by atoms with E-state index in [1.165, 1.54) is 263 Å². The molecule has 0 saturated heterocycles. The van der Waals surface area contributed by atoms with Crippen molar-refractivity contribution in [1.29, 1.82) is 0 Å². The quantitative estimate of drug-likeness (QED) is 0.0321. The fourth-order valence-corrected chi connectivity index (χ4v) is 9.28. The normalized spacial score (nSPS) is 12.6. The van der Waals surface area contributed by atoms with Gasteiger partial charge in [-0.25, -0.2) is 0 Å². The smallest absolute Gasteiger partial charge is 0.305 e. The van der Waals surface area contributed by atoms with E-state index in [-0.39, 0.29) is 18.5 Å². The number of hydrogen-bond acceptors (Lipinski definition) is 5. The molecule has 0 fully saturated rings. The first-order valence-electron chi connectivity index (χ1n) is 29.5. The molecule has 0 aromatic rings. The predicted octanol–water partition coefficient (Wildman–Crippen LogP) is 18.1. The SMILES string of the molecule is CCCCCCCCCCCCCCCC/C=C/C(O)C(CO)NC(=O)CCCCCCCCCCCCCCCCCCCCCOC(=O)CCCCCCCCCCCCCCC. The number of esters is 1. The average molecular weight is 919 g/mol. The number of ether oxygens (including phenoxy) is 1. The third-order valence-electron chi connectivity index (χ3n) is 13.8. The summed E-state index contributed by atoms with van der Waals surface area (Å²) in [6, 6.07) is -0.629. The average Bonchev–Trinajstić information content (AvgIpc) is 3.31. The summed E-state index contributed by atoms with van der Waals surface area (Å²) in [7, 11) is 0. The summed E-state index contributed by atoms with van der Waals surface area (Å²) in [5, 5.41) is 23.1. The van der Waals surface area contributed by atoms with Gasteiger partial charge in [0.15, 0.2) is 0 Å². The molecule has 1 amide bonds. The van der Waals surface area contributed by atoms with Crippen LogP contribution in [0, 0.1) is 0 Å². The maximum atomic E-state index is 12.5. The molecular weight excluding hydrogens is 803 g/mol. The second-order valence-corrected chi connectivity index (χ2v) is 20.3. The highest BCUT2D eigenvalue weighted by atomic mass is 16.5. The van der Waals surface area contributed by atoms with Crippen molar-refractivity contribution in [1.82, 2.24) is 5.32 Å². The second-order valence-electron chi connectivity index (χ2n) is 20.3. The van der Waals surface area contributed by atoms with Crippen molar-refractivity contribution in [3.8, 4) is 0 Å². The first-order chi connectivity index (χ1) is 32.0. The van der Waals surface area contributed by atoms with Crippen molar-refractivity contribution in [3.05, 3.63) is 12.2 Å². The molecule has 0 aliphatic carbocycles. The molecule has 0 aliphatic heterocycles. The number of rotatable bonds is 55. The molecule has 65 heavy (non-hydrogen) atoms. The summed E-state index contributed by atoms with van der Waals surface area (Å²) in [6.45, 7) is 4.92. The van der Waals surface area contributed by atoms with Crippen LogP contribution in [0.3, 0.4) is 0 Å². The van der Waals surface area contributed by atoms with Crippen LogP contribution >= 0.6 is 0 Å². The number of carbonyl (C=O) groups is 2. The number of nitrogens with one attached hydrogen (secondary N) is 1. The molecule has 0 radical (unpaired) electrons. The molecular formula is C59H115NO5. The van der Waals surface area contributed by atoms with Crippen molar-refractivity contribution >= 4 is 11.9 Å². The van der Waals surface area contributed by atoms with Gasteiger partial charge in [0.2, 0.25) is 5.91 Å². The molecule has 6 nitrogen and oxygen atoms in total. The van der Waals surface area contributed by atoms with E-state index in [4.69, 9.17) is 4.74 Å². The van der Waals surface area contributed by atoms with Crippen LogP contribution in [0.25, 0.3) is 0 Å². The van der Waals surface area contributed by atoms with E-state index >= 15 is 0 Å². The molecule has 2 unspecified atom stereocenters. The van der Waals surface area contributed by atoms with Crippen molar-refractivity contribution in [3.63, 3.8) is 0 Å². The Morgan fingerprint density at radius 1 is 0.415 bits per heavy atom. The largest absolute Gasteiger partial charge is 0.466 e. The van der Waals surface area contributed by atoms with E-state index in [2.05, 4.69) is 19.2 Å². The van der Waals surface area contributed by atoms with E-state index in [0.717, 1.165) is 38.5 Å². The summed E-state index contributed by atoms with van der Waals surface area (Å²) in [5.74, 6) is -0.0581. The van der Waals surface area contributed by atoms with Crippen molar-refractivity contribution in [2.75, 3.05) is 13.2 Å². The summed E-state index contributed by atoms with van der Waals surface area (Å²) >= 11 is 0. The van der Waals surface area contributed by atoms with Gasteiger partial charge in [0.05, 0.1) is 25.4 Å². The van der Waals surface area contributed by atoms with E-state index in [0.29, 0.717) is 19.4 Å². The topological polar surface area (TPSA) is 95.9 Å². The Morgan fingerprint density at radius 3 is 1.05 bits per heavy atom. The Labute approximate surface area is 406 Å². The van der Waals surface area contributed by atoms with Gasteiger partial charge in [-0.1, -0.05) is 296 Å². The van der Waals surface area contributed by atoms with Gasteiger partial charge in [-0.3, -0.25) is 9.59 Å². The number of carbonyl (C=O) groups excluding carboxylic acids is 2. The molecule has 0 bridgehead atoms.